The molecule has 2 atom stereocenters. The normalized spacial score (nSPS) is 21.8. The van der Waals surface area contributed by atoms with Crippen LogP contribution in [-0.2, 0) is 16.4 Å². The molecule has 0 amide bonds. The van der Waals surface area contributed by atoms with Crippen LogP contribution in [0.5, 0.6) is 0 Å². The number of nitriles is 1. The lowest BCUT2D eigenvalue weighted by molar-refractivity contribution is 0.151. The Morgan fingerprint density at radius 2 is 2.10 bits per heavy atom. The summed E-state index contributed by atoms with van der Waals surface area (Å²) < 4.78 is 26.9. The van der Waals surface area contributed by atoms with E-state index in [2.05, 4.69) is 10.8 Å². The number of sulfonamides is 1. The van der Waals surface area contributed by atoms with Crippen molar-refractivity contribution in [2.45, 2.75) is 38.8 Å². The van der Waals surface area contributed by atoms with Crippen LogP contribution in [0.1, 0.15) is 37.4 Å². The number of aliphatic hydroxyl groups excluding tert-OH is 1. The minimum atomic E-state index is -3.55. The Bertz CT molecular complexity index is 662. The van der Waals surface area contributed by atoms with Crippen molar-refractivity contribution in [3.8, 4) is 6.07 Å². The Hall–Kier alpha value is -1.42. The van der Waals surface area contributed by atoms with Crippen molar-refractivity contribution in [2.75, 3.05) is 5.75 Å². The number of hydrogen-bond acceptors (Lipinski definition) is 4. The second-order valence-electron chi connectivity index (χ2n) is 6.13. The molecule has 2 rings (SSSR count). The largest absolute Gasteiger partial charge is 0.391 e. The van der Waals surface area contributed by atoms with Crippen LogP contribution >= 0.6 is 0 Å². The summed E-state index contributed by atoms with van der Waals surface area (Å²) in [5.41, 5.74) is 1.11. The fourth-order valence-electron chi connectivity index (χ4n) is 2.41. The number of rotatable bonds is 5. The first-order chi connectivity index (χ1) is 9.74. The standard InChI is InChI=1S/C15H20N2O3S/c1-15(2,10-16)7-8-21(19,20)17-14-12-6-4-3-5-11(12)9-13(14)18/h3-6,13-14,17-18H,7-9H2,1-2H3/t13-,14+/m1/s1. The molecule has 0 fully saturated rings. The van der Waals surface area contributed by atoms with Crippen molar-refractivity contribution < 1.29 is 13.5 Å². The molecule has 0 heterocycles. The van der Waals surface area contributed by atoms with E-state index in [1.165, 1.54) is 0 Å². The molecule has 0 aliphatic heterocycles. The zero-order valence-electron chi connectivity index (χ0n) is 12.2. The highest BCUT2D eigenvalue weighted by Crippen LogP contribution is 2.32. The number of fused-ring (bicyclic) bond motifs is 1. The van der Waals surface area contributed by atoms with Gasteiger partial charge in [0.1, 0.15) is 0 Å². The molecule has 21 heavy (non-hydrogen) atoms. The first-order valence-corrected chi connectivity index (χ1v) is 8.56. The van der Waals surface area contributed by atoms with Crippen LogP contribution in [0.15, 0.2) is 24.3 Å². The molecular formula is C15H20N2O3S. The SMILES string of the molecule is CC(C)(C#N)CCS(=O)(=O)N[C@H]1c2ccccc2C[C@H]1O. The topological polar surface area (TPSA) is 90.2 Å². The second kappa shape index (κ2) is 5.76. The van der Waals surface area contributed by atoms with Crippen LogP contribution < -0.4 is 4.72 Å². The van der Waals surface area contributed by atoms with Crippen LogP contribution in [-0.4, -0.2) is 25.4 Å². The van der Waals surface area contributed by atoms with Crippen LogP contribution in [0.4, 0.5) is 0 Å². The van der Waals surface area contributed by atoms with Gasteiger partial charge < -0.3 is 5.11 Å². The Labute approximate surface area is 125 Å². The molecule has 1 aliphatic carbocycles. The van der Waals surface area contributed by atoms with Crippen LogP contribution in [0, 0.1) is 16.7 Å². The maximum atomic E-state index is 12.2. The molecule has 0 bridgehead atoms. The van der Waals surface area contributed by atoms with Gasteiger partial charge in [0.05, 0.1) is 29.4 Å². The molecule has 6 heteroatoms. The van der Waals surface area contributed by atoms with Crippen molar-refractivity contribution in [1.29, 1.82) is 5.26 Å². The van der Waals surface area contributed by atoms with Gasteiger partial charge in [0, 0.05) is 6.42 Å². The van der Waals surface area contributed by atoms with Crippen molar-refractivity contribution in [3.63, 3.8) is 0 Å². The predicted molar refractivity (Wildman–Crippen MR) is 79.8 cm³/mol. The highest BCUT2D eigenvalue weighted by Gasteiger charge is 2.34. The zero-order chi connectivity index (χ0) is 15.7. The zero-order valence-corrected chi connectivity index (χ0v) is 13.0. The first kappa shape index (κ1) is 16.0. The maximum absolute atomic E-state index is 12.2. The molecule has 1 aromatic carbocycles. The summed E-state index contributed by atoms with van der Waals surface area (Å²) in [7, 11) is -3.55. The average Bonchev–Trinajstić information content (AvgIpc) is 2.73. The van der Waals surface area contributed by atoms with Gasteiger partial charge in [-0.3, -0.25) is 0 Å². The van der Waals surface area contributed by atoms with E-state index in [0.29, 0.717) is 6.42 Å². The van der Waals surface area contributed by atoms with E-state index < -0.39 is 27.6 Å². The number of nitrogens with zero attached hydrogens (tertiary/aromatic N) is 1. The lowest BCUT2D eigenvalue weighted by atomic mass is 9.93. The summed E-state index contributed by atoms with van der Waals surface area (Å²) in [6.45, 7) is 3.42. The van der Waals surface area contributed by atoms with Crippen LogP contribution in [0.3, 0.4) is 0 Å². The highest BCUT2D eigenvalue weighted by molar-refractivity contribution is 7.89. The molecule has 114 valence electrons. The van der Waals surface area contributed by atoms with E-state index in [9.17, 15) is 13.5 Å². The molecule has 1 aliphatic rings. The van der Waals surface area contributed by atoms with Gasteiger partial charge in [0.15, 0.2) is 0 Å². The molecule has 0 unspecified atom stereocenters. The van der Waals surface area contributed by atoms with Gasteiger partial charge in [0.25, 0.3) is 0 Å². The third kappa shape index (κ3) is 3.82. The molecule has 0 saturated carbocycles. The molecule has 0 aromatic heterocycles. The maximum Gasteiger partial charge on any atom is 0.212 e. The molecule has 0 saturated heterocycles. The lowest BCUT2D eigenvalue weighted by Crippen LogP contribution is -2.36. The van der Waals surface area contributed by atoms with Crippen LogP contribution in [0.2, 0.25) is 0 Å². The van der Waals surface area contributed by atoms with Crippen LogP contribution in [0.25, 0.3) is 0 Å². The summed E-state index contributed by atoms with van der Waals surface area (Å²) >= 11 is 0. The van der Waals surface area contributed by atoms with Gasteiger partial charge in [-0.1, -0.05) is 24.3 Å². The number of benzene rings is 1. The number of hydrogen-bond donors (Lipinski definition) is 2. The Morgan fingerprint density at radius 1 is 1.43 bits per heavy atom. The van der Waals surface area contributed by atoms with Gasteiger partial charge in [-0.05, 0) is 31.4 Å². The van der Waals surface area contributed by atoms with E-state index in [0.717, 1.165) is 11.1 Å². The van der Waals surface area contributed by atoms with E-state index >= 15 is 0 Å². The molecule has 1 aromatic rings. The van der Waals surface area contributed by atoms with E-state index in [-0.39, 0.29) is 12.2 Å². The fourth-order valence-corrected chi connectivity index (χ4v) is 3.98. The van der Waals surface area contributed by atoms with E-state index in [4.69, 9.17) is 5.26 Å². The summed E-state index contributed by atoms with van der Waals surface area (Å²) in [6, 6.07) is 8.92. The monoisotopic (exact) mass is 308 g/mol. The smallest absolute Gasteiger partial charge is 0.212 e. The number of nitrogens with one attached hydrogen (secondary N) is 1. The molecule has 2 N–H and O–H groups in total. The van der Waals surface area contributed by atoms with Crippen molar-refractivity contribution in [3.05, 3.63) is 35.4 Å². The van der Waals surface area contributed by atoms with Gasteiger partial charge >= 0.3 is 0 Å². The predicted octanol–water partition coefficient (Wildman–Crippen LogP) is 1.50. The average molecular weight is 308 g/mol. The van der Waals surface area contributed by atoms with Crippen molar-refractivity contribution >= 4 is 10.0 Å². The third-order valence-corrected chi connectivity index (χ3v) is 5.16. The quantitative estimate of drug-likeness (QED) is 0.862. The number of aliphatic hydroxyl groups is 1. The fraction of sp³-hybridized carbons (Fsp3) is 0.533. The summed E-state index contributed by atoms with van der Waals surface area (Å²) in [4.78, 5) is 0. The summed E-state index contributed by atoms with van der Waals surface area (Å²) in [5, 5.41) is 19.0. The van der Waals surface area contributed by atoms with Crippen molar-refractivity contribution in [1.82, 2.24) is 4.72 Å². The lowest BCUT2D eigenvalue weighted by Gasteiger charge is -2.20. The van der Waals surface area contributed by atoms with E-state index in [1.807, 2.05) is 24.3 Å². The third-order valence-electron chi connectivity index (χ3n) is 3.81. The molecular weight excluding hydrogens is 288 g/mol. The Morgan fingerprint density at radius 3 is 2.76 bits per heavy atom. The van der Waals surface area contributed by atoms with Crippen molar-refractivity contribution in [2.24, 2.45) is 5.41 Å². The summed E-state index contributed by atoms with van der Waals surface area (Å²) in [5.74, 6) is -0.126. The van der Waals surface area contributed by atoms with Gasteiger partial charge in [-0.2, -0.15) is 5.26 Å². The van der Waals surface area contributed by atoms with Gasteiger partial charge in [-0.25, -0.2) is 13.1 Å². The molecule has 0 spiro atoms. The highest BCUT2D eigenvalue weighted by atomic mass is 32.2. The second-order valence-corrected chi connectivity index (χ2v) is 8.00. The van der Waals surface area contributed by atoms with Gasteiger partial charge in [-0.15, -0.1) is 0 Å². The first-order valence-electron chi connectivity index (χ1n) is 6.91. The minimum absolute atomic E-state index is 0.126. The minimum Gasteiger partial charge on any atom is -0.391 e. The Kier molecular flexibility index (Phi) is 4.38. The van der Waals surface area contributed by atoms with Gasteiger partial charge in [0.2, 0.25) is 10.0 Å². The summed E-state index contributed by atoms with van der Waals surface area (Å²) in [6.07, 6.45) is -0.0442. The Balaban J connectivity index is 2.09. The van der Waals surface area contributed by atoms with E-state index in [1.54, 1.807) is 13.8 Å². The molecule has 5 nitrogen and oxygen atoms in total. The molecule has 0 radical (unpaired) electrons.